The normalized spacial score (nSPS) is 16.7. The van der Waals surface area contributed by atoms with Crippen LogP contribution >= 0.6 is 11.6 Å². The third kappa shape index (κ3) is 3.37. The van der Waals surface area contributed by atoms with Gasteiger partial charge >= 0.3 is 0 Å². The van der Waals surface area contributed by atoms with Gasteiger partial charge in [0.25, 0.3) is 0 Å². The fraction of sp³-hybridized carbons (Fsp3) is 0.462. The first-order valence-electron chi connectivity index (χ1n) is 5.99. The fourth-order valence-electron chi connectivity index (χ4n) is 2.13. The Morgan fingerprint density at radius 1 is 1.22 bits per heavy atom. The van der Waals surface area contributed by atoms with Gasteiger partial charge in [-0.05, 0) is 35.9 Å². The van der Waals surface area contributed by atoms with Crippen LogP contribution in [0.15, 0.2) is 24.3 Å². The lowest BCUT2D eigenvalue weighted by Gasteiger charge is -2.35. The van der Waals surface area contributed by atoms with Crippen molar-refractivity contribution in [2.75, 3.05) is 44.7 Å². The predicted octanol–water partition coefficient (Wildman–Crippen LogP) is 1.58. The van der Waals surface area contributed by atoms with E-state index in [1.165, 1.54) is 5.69 Å². The molecule has 1 aromatic rings. The van der Waals surface area contributed by atoms with Gasteiger partial charge in [0.05, 0.1) is 13.7 Å². The van der Waals surface area contributed by atoms with Crippen LogP contribution in [0.5, 0.6) is 5.75 Å². The highest BCUT2D eigenvalue weighted by molar-refractivity contribution is 6.64. The number of piperazine rings is 1. The van der Waals surface area contributed by atoms with Crippen molar-refractivity contribution < 1.29 is 9.53 Å². The maximum atomic E-state index is 10.8. The number of carbonyl (C=O) groups excluding carboxylic acids is 1. The summed E-state index contributed by atoms with van der Waals surface area (Å²) in [4.78, 5) is 15.2. The maximum absolute atomic E-state index is 10.8. The lowest BCUT2D eigenvalue weighted by Crippen LogP contribution is -2.47. The smallest absolute Gasteiger partial charge is 0.235 e. The summed E-state index contributed by atoms with van der Waals surface area (Å²) in [5.74, 6) is 0.866. The van der Waals surface area contributed by atoms with E-state index in [-0.39, 0.29) is 5.24 Å². The molecule has 0 radical (unpaired) electrons. The third-order valence-electron chi connectivity index (χ3n) is 3.16. The minimum atomic E-state index is -0.284. The zero-order valence-corrected chi connectivity index (χ0v) is 11.2. The number of benzene rings is 1. The molecule has 18 heavy (non-hydrogen) atoms. The summed E-state index contributed by atoms with van der Waals surface area (Å²) < 4.78 is 5.14. The first-order chi connectivity index (χ1) is 8.69. The molecule has 0 bridgehead atoms. The molecule has 0 atom stereocenters. The van der Waals surface area contributed by atoms with Crippen molar-refractivity contribution in [3.8, 4) is 5.75 Å². The molecule has 0 unspecified atom stereocenters. The Kier molecular flexibility index (Phi) is 4.44. The second kappa shape index (κ2) is 6.07. The molecule has 4 nitrogen and oxygen atoms in total. The Bertz CT molecular complexity index is 400. The Morgan fingerprint density at radius 3 is 2.33 bits per heavy atom. The lowest BCUT2D eigenvalue weighted by molar-refractivity contribution is -0.112. The largest absolute Gasteiger partial charge is 0.497 e. The van der Waals surface area contributed by atoms with Gasteiger partial charge in [-0.2, -0.15) is 0 Å². The highest BCUT2D eigenvalue weighted by Gasteiger charge is 2.18. The SMILES string of the molecule is COc1ccc(N2CCN(CC(=O)Cl)CC2)cc1. The Labute approximate surface area is 112 Å². The molecule has 1 aromatic carbocycles. The van der Waals surface area contributed by atoms with E-state index in [1.54, 1.807) is 7.11 Å². The van der Waals surface area contributed by atoms with E-state index in [0.717, 1.165) is 31.9 Å². The summed E-state index contributed by atoms with van der Waals surface area (Å²) in [5, 5.41) is -0.284. The molecule has 98 valence electrons. The van der Waals surface area contributed by atoms with Crippen LogP contribution in [-0.2, 0) is 4.79 Å². The quantitative estimate of drug-likeness (QED) is 0.777. The fourth-order valence-corrected chi connectivity index (χ4v) is 2.30. The van der Waals surface area contributed by atoms with Gasteiger partial charge in [0, 0.05) is 31.9 Å². The van der Waals surface area contributed by atoms with Gasteiger partial charge in [0.15, 0.2) is 0 Å². The molecular weight excluding hydrogens is 252 g/mol. The van der Waals surface area contributed by atoms with Crippen molar-refractivity contribution in [3.05, 3.63) is 24.3 Å². The summed E-state index contributed by atoms with van der Waals surface area (Å²) in [6.45, 7) is 3.90. The molecule has 0 N–H and O–H groups in total. The second-order valence-corrected chi connectivity index (χ2v) is 4.74. The van der Waals surface area contributed by atoms with Crippen molar-refractivity contribution in [3.63, 3.8) is 0 Å². The van der Waals surface area contributed by atoms with E-state index in [2.05, 4.69) is 21.9 Å². The zero-order valence-electron chi connectivity index (χ0n) is 10.4. The van der Waals surface area contributed by atoms with Gasteiger partial charge in [-0.15, -0.1) is 0 Å². The number of methoxy groups -OCH3 is 1. The third-order valence-corrected chi connectivity index (χ3v) is 3.28. The molecule has 5 heteroatoms. The van der Waals surface area contributed by atoms with Gasteiger partial charge in [-0.3, -0.25) is 9.69 Å². The number of rotatable bonds is 4. The highest BCUT2D eigenvalue weighted by Crippen LogP contribution is 2.20. The predicted molar refractivity (Wildman–Crippen MR) is 72.5 cm³/mol. The van der Waals surface area contributed by atoms with Gasteiger partial charge < -0.3 is 9.64 Å². The Hall–Kier alpha value is -1.26. The van der Waals surface area contributed by atoms with Crippen LogP contribution < -0.4 is 9.64 Å². The number of nitrogens with zero attached hydrogens (tertiary/aromatic N) is 2. The first kappa shape index (κ1) is 13.2. The summed E-state index contributed by atoms with van der Waals surface area (Å²) >= 11 is 5.39. The van der Waals surface area contributed by atoms with Crippen molar-refractivity contribution >= 4 is 22.5 Å². The van der Waals surface area contributed by atoms with E-state index in [0.29, 0.717) is 6.54 Å². The number of ether oxygens (including phenoxy) is 1. The average molecular weight is 269 g/mol. The molecule has 0 aliphatic carbocycles. The van der Waals surface area contributed by atoms with Crippen LogP contribution in [0.4, 0.5) is 5.69 Å². The van der Waals surface area contributed by atoms with Crippen LogP contribution in [0.1, 0.15) is 0 Å². The topological polar surface area (TPSA) is 32.8 Å². The summed E-state index contributed by atoms with van der Waals surface area (Å²) in [5.41, 5.74) is 1.19. The van der Waals surface area contributed by atoms with E-state index < -0.39 is 0 Å². The number of halogens is 1. The van der Waals surface area contributed by atoms with Crippen LogP contribution in [0, 0.1) is 0 Å². The van der Waals surface area contributed by atoms with Crippen LogP contribution in [0.25, 0.3) is 0 Å². The lowest BCUT2D eigenvalue weighted by atomic mass is 10.2. The zero-order chi connectivity index (χ0) is 13.0. The van der Waals surface area contributed by atoms with Crippen LogP contribution in [0.3, 0.4) is 0 Å². The van der Waals surface area contributed by atoms with Crippen molar-refractivity contribution in [2.24, 2.45) is 0 Å². The maximum Gasteiger partial charge on any atom is 0.235 e. The number of hydrogen-bond donors (Lipinski definition) is 0. The number of hydrogen-bond acceptors (Lipinski definition) is 4. The standard InChI is InChI=1S/C13H17ClN2O2/c1-18-12-4-2-11(3-5-12)16-8-6-15(7-9-16)10-13(14)17/h2-5H,6-10H2,1H3. The minimum Gasteiger partial charge on any atom is -0.497 e. The van der Waals surface area contributed by atoms with Gasteiger partial charge in [0.1, 0.15) is 5.75 Å². The Balaban J connectivity index is 1.90. The minimum absolute atomic E-state index is 0.284. The number of anilines is 1. The molecule has 1 heterocycles. The van der Waals surface area contributed by atoms with Gasteiger partial charge in [0.2, 0.25) is 5.24 Å². The monoisotopic (exact) mass is 268 g/mol. The molecular formula is C13H17ClN2O2. The van der Waals surface area contributed by atoms with Gasteiger partial charge in [-0.1, -0.05) is 0 Å². The van der Waals surface area contributed by atoms with E-state index in [1.807, 2.05) is 12.1 Å². The molecule has 1 aliphatic rings. The van der Waals surface area contributed by atoms with Gasteiger partial charge in [-0.25, -0.2) is 0 Å². The van der Waals surface area contributed by atoms with Crippen molar-refractivity contribution in [1.29, 1.82) is 0 Å². The van der Waals surface area contributed by atoms with E-state index >= 15 is 0 Å². The molecule has 1 saturated heterocycles. The van der Waals surface area contributed by atoms with Crippen LogP contribution in [-0.4, -0.2) is 50.0 Å². The van der Waals surface area contributed by atoms with E-state index in [4.69, 9.17) is 16.3 Å². The Morgan fingerprint density at radius 2 is 1.83 bits per heavy atom. The van der Waals surface area contributed by atoms with Crippen LogP contribution in [0.2, 0.25) is 0 Å². The number of carbonyl (C=O) groups is 1. The first-order valence-corrected chi connectivity index (χ1v) is 6.36. The highest BCUT2D eigenvalue weighted by atomic mass is 35.5. The van der Waals surface area contributed by atoms with Crippen molar-refractivity contribution in [2.45, 2.75) is 0 Å². The molecule has 0 aromatic heterocycles. The van der Waals surface area contributed by atoms with E-state index in [9.17, 15) is 4.79 Å². The molecule has 0 amide bonds. The molecule has 0 saturated carbocycles. The summed E-state index contributed by atoms with van der Waals surface area (Å²) in [6.07, 6.45) is 0. The average Bonchev–Trinajstić information content (AvgIpc) is 2.39. The van der Waals surface area contributed by atoms with Crippen molar-refractivity contribution in [1.82, 2.24) is 4.90 Å². The summed E-state index contributed by atoms with van der Waals surface area (Å²) in [6, 6.07) is 8.04. The molecule has 1 fully saturated rings. The summed E-state index contributed by atoms with van der Waals surface area (Å²) in [7, 11) is 1.66. The molecule has 0 spiro atoms. The second-order valence-electron chi connectivity index (χ2n) is 4.32. The molecule has 2 rings (SSSR count). The molecule has 1 aliphatic heterocycles.